The first-order valence-corrected chi connectivity index (χ1v) is 6.69. The molecule has 3 nitrogen and oxygen atoms in total. The molecule has 0 saturated carbocycles. The van der Waals surface area contributed by atoms with E-state index in [2.05, 4.69) is 6.92 Å². The van der Waals surface area contributed by atoms with Gasteiger partial charge in [0.25, 0.3) is 0 Å². The van der Waals surface area contributed by atoms with E-state index in [1.165, 1.54) is 32.7 Å². The standard InChI is InChI=1S/C14H22N2O/c1-2-15-8-10-16(11-9-15)12-14(17)13-6-4-3-5-7-13/h3-7,14,17H,2,8-12H2,1H3/p+2/t14-/m0/s1. The average molecular weight is 236 g/mol. The second-order valence-electron chi connectivity index (χ2n) is 4.98. The Morgan fingerprint density at radius 2 is 1.65 bits per heavy atom. The number of quaternary nitrogens is 2. The van der Waals surface area contributed by atoms with Gasteiger partial charge in [-0.2, -0.15) is 0 Å². The van der Waals surface area contributed by atoms with E-state index in [0.29, 0.717) is 0 Å². The van der Waals surface area contributed by atoms with Crippen LogP contribution in [-0.2, 0) is 0 Å². The number of likely N-dealkylation sites (N-methyl/N-ethyl adjacent to an activating group) is 1. The molecule has 17 heavy (non-hydrogen) atoms. The highest BCUT2D eigenvalue weighted by atomic mass is 16.3. The minimum atomic E-state index is -0.311. The van der Waals surface area contributed by atoms with Gasteiger partial charge in [0.15, 0.2) is 0 Å². The summed E-state index contributed by atoms with van der Waals surface area (Å²) >= 11 is 0. The van der Waals surface area contributed by atoms with Crippen molar-refractivity contribution in [1.29, 1.82) is 0 Å². The number of hydrogen-bond donors (Lipinski definition) is 3. The average Bonchev–Trinajstić information content (AvgIpc) is 2.40. The number of aliphatic hydroxyl groups excluding tert-OH is 1. The Hall–Kier alpha value is -0.900. The van der Waals surface area contributed by atoms with Crippen LogP contribution in [0.3, 0.4) is 0 Å². The van der Waals surface area contributed by atoms with Gasteiger partial charge in [-0.15, -0.1) is 0 Å². The summed E-state index contributed by atoms with van der Waals surface area (Å²) in [6.45, 7) is 9.19. The molecule has 94 valence electrons. The molecule has 0 amide bonds. The van der Waals surface area contributed by atoms with Gasteiger partial charge in [-0.05, 0) is 12.5 Å². The Labute approximate surface area is 104 Å². The highest BCUT2D eigenvalue weighted by molar-refractivity contribution is 5.17. The molecule has 3 heteroatoms. The third kappa shape index (κ3) is 3.53. The van der Waals surface area contributed by atoms with Crippen LogP contribution in [0.5, 0.6) is 0 Å². The molecular formula is C14H24N2O+2. The first kappa shape index (κ1) is 12.6. The monoisotopic (exact) mass is 236 g/mol. The van der Waals surface area contributed by atoms with E-state index in [9.17, 15) is 5.11 Å². The molecule has 1 heterocycles. The maximum absolute atomic E-state index is 10.2. The minimum absolute atomic E-state index is 0.311. The Morgan fingerprint density at radius 3 is 2.24 bits per heavy atom. The van der Waals surface area contributed by atoms with Gasteiger partial charge < -0.3 is 14.9 Å². The SMILES string of the molecule is CC[NH+]1CC[NH+](C[C@H](O)c2ccccc2)CC1. The summed E-state index contributed by atoms with van der Waals surface area (Å²) in [4.78, 5) is 3.24. The van der Waals surface area contributed by atoms with Crippen molar-refractivity contribution in [2.75, 3.05) is 39.3 Å². The minimum Gasteiger partial charge on any atom is -0.382 e. The molecule has 2 rings (SSSR count). The van der Waals surface area contributed by atoms with Gasteiger partial charge in [0.05, 0.1) is 6.54 Å². The molecule has 1 aliphatic heterocycles. The third-order valence-electron chi connectivity index (χ3n) is 3.83. The summed E-state index contributed by atoms with van der Waals surface area (Å²) in [5, 5.41) is 10.2. The molecule has 0 aromatic heterocycles. The lowest BCUT2D eigenvalue weighted by atomic mass is 10.1. The van der Waals surface area contributed by atoms with Crippen molar-refractivity contribution in [3.8, 4) is 0 Å². The molecule has 1 atom stereocenters. The number of rotatable bonds is 4. The molecule has 3 N–H and O–H groups in total. The van der Waals surface area contributed by atoms with Crippen molar-refractivity contribution in [2.45, 2.75) is 13.0 Å². The highest BCUT2D eigenvalue weighted by Crippen LogP contribution is 2.09. The van der Waals surface area contributed by atoms with E-state index in [0.717, 1.165) is 12.1 Å². The van der Waals surface area contributed by atoms with Crippen LogP contribution in [0.4, 0.5) is 0 Å². The van der Waals surface area contributed by atoms with Gasteiger partial charge >= 0.3 is 0 Å². The van der Waals surface area contributed by atoms with Crippen LogP contribution in [-0.4, -0.2) is 44.4 Å². The van der Waals surface area contributed by atoms with Crippen molar-refractivity contribution in [3.05, 3.63) is 35.9 Å². The van der Waals surface area contributed by atoms with Crippen LogP contribution < -0.4 is 9.80 Å². The lowest BCUT2D eigenvalue weighted by molar-refractivity contribution is -1.01. The van der Waals surface area contributed by atoms with Crippen molar-refractivity contribution in [3.63, 3.8) is 0 Å². The molecule has 0 aliphatic carbocycles. The van der Waals surface area contributed by atoms with Crippen molar-refractivity contribution < 1.29 is 14.9 Å². The molecule has 1 aliphatic rings. The number of nitrogens with one attached hydrogen (secondary N) is 2. The normalized spacial score (nSPS) is 26.7. The zero-order valence-corrected chi connectivity index (χ0v) is 10.7. The maximum atomic E-state index is 10.2. The molecule has 0 radical (unpaired) electrons. The van der Waals surface area contributed by atoms with E-state index < -0.39 is 0 Å². The first-order chi connectivity index (χ1) is 8.29. The molecule has 0 spiro atoms. The van der Waals surface area contributed by atoms with Gasteiger partial charge in [0.1, 0.15) is 38.8 Å². The smallest absolute Gasteiger partial charge is 0.128 e. The van der Waals surface area contributed by atoms with Crippen LogP contribution in [0.1, 0.15) is 18.6 Å². The first-order valence-electron chi connectivity index (χ1n) is 6.69. The second kappa shape index (κ2) is 6.15. The summed E-state index contributed by atoms with van der Waals surface area (Å²) in [5.41, 5.74) is 1.05. The number of aliphatic hydroxyl groups is 1. The van der Waals surface area contributed by atoms with E-state index >= 15 is 0 Å². The van der Waals surface area contributed by atoms with Crippen molar-refractivity contribution in [2.24, 2.45) is 0 Å². The predicted octanol–water partition coefficient (Wildman–Crippen LogP) is -1.48. The highest BCUT2D eigenvalue weighted by Gasteiger charge is 2.24. The van der Waals surface area contributed by atoms with E-state index in [4.69, 9.17) is 0 Å². The summed E-state index contributed by atoms with van der Waals surface area (Å²) in [6.07, 6.45) is -0.311. The van der Waals surface area contributed by atoms with E-state index in [1.54, 1.807) is 9.80 Å². The lowest BCUT2D eigenvalue weighted by Crippen LogP contribution is -3.28. The summed E-state index contributed by atoms with van der Waals surface area (Å²) in [5.74, 6) is 0. The summed E-state index contributed by atoms with van der Waals surface area (Å²) < 4.78 is 0. The molecule has 0 bridgehead atoms. The molecule has 0 unspecified atom stereocenters. The Morgan fingerprint density at radius 1 is 1.06 bits per heavy atom. The second-order valence-corrected chi connectivity index (χ2v) is 4.98. The zero-order chi connectivity index (χ0) is 12.1. The predicted molar refractivity (Wildman–Crippen MR) is 68.2 cm³/mol. The maximum Gasteiger partial charge on any atom is 0.128 e. The van der Waals surface area contributed by atoms with Gasteiger partial charge in [-0.3, -0.25) is 0 Å². The van der Waals surface area contributed by atoms with Crippen LogP contribution in [0.25, 0.3) is 0 Å². The molecular weight excluding hydrogens is 212 g/mol. The third-order valence-corrected chi connectivity index (χ3v) is 3.83. The molecule has 1 fully saturated rings. The largest absolute Gasteiger partial charge is 0.382 e. The topological polar surface area (TPSA) is 29.1 Å². The lowest BCUT2D eigenvalue weighted by Gasteiger charge is -2.30. The fraction of sp³-hybridized carbons (Fsp3) is 0.571. The van der Waals surface area contributed by atoms with E-state index in [-0.39, 0.29) is 6.10 Å². The van der Waals surface area contributed by atoms with Gasteiger partial charge in [-0.1, -0.05) is 30.3 Å². The fourth-order valence-corrected chi connectivity index (χ4v) is 2.58. The summed E-state index contributed by atoms with van der Waals surface area (Å²) in [6, 6.07) is 10.0. The zero-order valence-electron chi connectivity index (χ0n) is 10.7. The van der Waals surface area contributed by atoms with Crippen LogP contribution in [0.2, 0.25) is 0 Å². The van der Waals surface area contributed by atoms with Crippen LogP contribution >= 0.6 is 0 Å². The number of piperazine rings is 1. The molecule has 1 saturated heterocycles. The fourth-order valence-electron chi connectivity index (χ4n) is 2.58. The van der Waals surface area contributed by atoms with Crippen LogP contribution in [0, 0.1) is 0 Å². The van der Waals surface area contributed by atoms with E-state index in [1.807, 2.05) is 30.3 Å². The van der Waals surface area contributed by atoms with Crippen molar-refractivity contribution in [1.82, 2.24) is 0 Å². The quantitative estimate of drug-likeness (QED) is 0.585. The van der Waals surface area contributed by atoms with Gasteiger partial charge in [0.2, 0.25) is 0 Å². The Kier molecular flexibility index (Phi) is 4.54. The van der Waals surface area contributed by atoms with Crippen LogP contribution in [0.15, 0.2) is 30.3 Å². The molecule has 1 aromatic rings. The Bertz CT molecular complexity index is 320. The summed E-state index contributed by atoms with van der Waals surface area (Å²) in [7, 11) is 0. The molecule has 1 aromatic carbocycles. The van der Waals surface area contributed by atoms with Crippen molar-refractivity contribution >= 4 is 0 Å². The Balaban J connectivity index is 1.82. The number of hydrogen-bond acceptors (Lipinski definition) is 1. The van der Waals surface area contributed by atoms with Gasteiger partial charge in [0, 0.05) is 0 Å². The number of benzene rings is 1. The van der Waals surface area contributed by atoms with Gasteiger partial charge in [-0.25, -0.2) is 0 Å².